The maximum absolute atomic E-state index is 11.9. The van der Waals surface area contributed by atoms with Crippen molar-refractivity contribution in [2.45, 2.75) is 19.3 Å². The molecule has 0 unspecified atom stereocenters. The van der Waals surface area contributed by atoms with Gasteiger partial charge in [0, 0.05) is 13.1 Å². The molecule has 1 saturated heterocycles. The Balaban J connectivity index is 2.08. The second-order valence-electron chi connectivity index (χ2n) is 4.78. The number of aldehydes is 1. The van der Waals surface area contributed by atoms with Crippen LogP contribution in [0.1, 0.15) is 19.3 Å². The van der Waals surface area contributed by atoms with Crippen molar-refractivity contribution >= 4 is 18.2 Å². The summed E-state index contributed by atoms with van der Waals surface area (Å²) >= 11 is 0. The van der Waals surface area contributed by atoms with Gasteiger partial charge in [0.1, 0.15) is 12.9 Å². The molecule has 0 N–H and O–H groups in total. The zero-order valence-electron chi connectivity index (χ0n) is 12.4. The van der Waals surface area contributed by atoms with Gasteiger partial charge in [-0.1, -0.05) is 0 Å². The van der Waals surface area contributed by atoms with Crippen LogP contribution in [0, 0.1) is 5.92 Å². The van der Waals surface area contributed by atoms with Crippen LogP contribution in [0.2, 0.25) is 0 Å². The van der Waals surface area contributed by atoms with Gasteiger partial charge in [-0.05, 0) is 12.8 Å². The van der Waals surface area contributed by atoms with E-state index >= 15 is 0 Å². The lowest BCUT2D eigenvalue weighted by Gasteiger charge is -2.30. The number of nitrogens with zero attached hydrogens (tertiary/aromatic N) is 1. The second kappa shape index (κ2) is 10.3. The molecule has 1 heterocycles. The number of hydrogen-bond acceptors (Lipinski definition) is 6. The molecule has 7 nitrogen and oxygen atoms in total. The predicted octanol–water partition coefficient (Wildman–Crippen LogP) is 0.0202. The molecule has 0 saturated carbocycles. The number of carbonyl (C=O) groups is 3. The first kappa shape index (κ1) is 17.6. The average molecular weight is 301 g/mol. The van der Waals surface area contributed by atoms with Gasteiger partial charge >= 0.3 is 5.97 Å². The first-order chi connectivity index (χ1) is 10.2. The normalized spacial score (nSPS) is 15.8. The summed E-state index contributed by atoms with van der Waals surface area (Å²) < 4.78 is 14.9. The van der Waals surface area contributed by atoms with Crippen molar-refractivity contribution in [1.82, 2.24) is 4.90 Å². The van der Waals surface area contributed by atoms with Crippen molar-refractivity contribution in [3.63, 3.8) is 0 Å². The molecular formula is C14H23NO6. The molecule has 21 heavy (non-hydrogen) atoms. The Kier molecular flexibility index (Phi) is 8.61. The van der Waals surface area contributed by atoms with Crippen LogP contribution in [0.4, 0.5) is 0 Å². The summed E-state index contributed by atoms with van der Waals surface area (Å²) in [6.45, 7) is 2.28. The largest absolute Gasteiger partial charge is 0.469 e. The summed E-state index contributed by atoms with van der Waals surface area (Å²) in [7, 11) is 1.38. The minimum atomic E-state index is -0.194. The molecule has 0 atom stereocenters. The maximum atomic E-state index is 11.9. The van der Waals surface area contributed by atoms with Crippen LogP contribution in [0.25, 0.3) is 0 Å². The number of ether oxygens (including phenoxy) is 3. The summed E-state index contributed by atoms with van der Waals surface area (Å²) in [6, 6.07) is 0. The smallest absolute Gasteiger partial charge is 0.308 e. The standard InChI is InChI=1S/C14H23NO6/c1-19-14(18)12-2-5-15(6-3-12)13(17)4-8-20-10-11-21-9-7-16/h7,12H,2-6,8-11H2,1H3. The summed E-state index contributed by atoms with van der Waals surface area (Å²) in [5.41, 5.74) is 0. The van der Waals surface area contributed by atoms with E-state index in [1.54, 1.807) is 4.90 Å². The topological polar surface area (TPSA) is 82.1 Å². The van der Waals surface area contributed by atoms with Crippen molar-refractivity contribution in [3.8, 4) is 0 Å². The molecule has 0 aliphatic carbocycles. The van der Waals surface area contributed by atoms with Crippen molar-refractivity contribution < 1.29 is 28.6 Å². The van der Waals surface area contributed by atoms with Crippen molar-refractivity contribution in [2.75, 3.05) is 46.6 Å². The van der Waals surface area contributed by atoms with Crippen LogP contribution in [-0.2, 0) is 28.6 Å². The molecule has 0 aromatic rings. The third-order valence-electron chi connectivity index (χ3n) is 3.40. The van der Waals surface area contributed by atoms with Crippen LogP contribution >= 0.6 is 0 Å². The Morgan fingerprint density at radius 2 is 1.81 bits per heavy atom. The highest BCUT2D eigenvalue weighted by atomic mass is 16.5. The lowest BCUT2D eigenvalue weighted by atomic mass is 9.97. The van der Waals surface area contributed by atoms with Crippen LogP contribution in [0.3, 0.4) is 0 Å². The Hall–Kier alpha value is -1.47. The van der Waals surface area contributed by atoms with E-state index in [2.05, 4.69) is 0 Å². The fourth-order valence-electron chi connectivity index (χ4n) is 2.20. The minimum Gasteiger partial charge on any atom is -0.469 e. The van der Waals surface area contributed by atoms with Gasteiger partial charge in [0.2, 0.25) is 5.91 Å². The first-order valence-corrected chi connectivity index (χ1v) is 7.13. The lowest BCUT2D eigenvalue weighted by Crippen LogP contribution is -2.40. The summed E-state index contributed by atoms with van der Waals surface area (Å²) in [5.74, 6) is -0.252. The predicted molar refractivity (Wildman–Crippen MR) is 73.6 cm³/mol. The molecule has 0 spiro atoms. The van der Waals surface area contributed by atoms with Gasteiger partial charge in [0.25, 0.3) is 0 Å². The molecule has 1 aliphatic heterocycles. The third-order valence-corrected chi connectivity index (χ3v) is 3.40. The Morgan fingerprint density at radius 3 is 2.43 bits per heavy atom. The van der Waals surface area contributed by atoms with Gasteiger partial charge < -0.3 is 23.9 Å². The summed E-state index contributed by atoms with van der Waals surface area (Å²) in [4.78, 5) is 35.1. The van der Waals surface area contributed by atoms with Crippen molar-refractivity contribution in [1.29, 1.82) is 0 Å². The number of hydrogen-bond donors (Lipinski definition) is 0. The van der Waals surface area contributed by atoms with Crippen LogP contribution < -0.4 is 0 Å². The maximum Gasteiger partial charge on any atom is 0.308 e. The van der Waals surface area contributed by atoms with E-state index in [0.717, 1.165) is 0 Å². The SMILES string of the molecule is COC(=O)C1CCN(C(=O)CCOCCOCC=O)CC1. The van der Waals surface area contributed by atoms with Crippen LogP contribution in [-0.4, -0.2) is 69.7 Å². The Bertz CT molecular complexity index is 338. The van der Waals surface area contributed by atoms with E-state index in [1.165, 1.54) is 7.11 Å². The van der Waals surface area contributed by atoms with E-state index in [1.807, 2.05) is 0 Å². The van der Waals surface area contributed by atoms with Crippen molar-refractivity contribution in [2.24, 2.45) is 5.92 Å². The molecule has 120 valence electrons. The zero-order chi connectivity index (χ0) is 15.5. The number of carbonyl (C=O) groups excluding carboxylic acids is 3. The van der Waals surface area contributed by atoms with Gasteiger partial charge in [-0.15, -0.1) is 0 Å². The van der Waals surface area contributed by atoms with Gasteiger partial charge in [-0.3, -0.25) is 9.59 Å². The molecule has 0 radical (unpaired) electrons. The Labute approximate surface area is 124 Å². The number of amides is 1. The summed E-state index contributed by atoms with van der Waals surface area (Å²) in [6.07, 6.45) is 2.30. The molecule has 7 heteroatoms. The molecule has 1 fully saturated rings. The third kappa shape index (κ3) is 6.68. The highest BCUT2D eigenvalue weighted by Crippen LogP contribution is 2.18. The molecule has 0 aromatic carbocycles. The fraction of sp³-hybridized carbons (Fsp3) is 0.786. The van der Waals surface area contributed by atoms with E-state index in [4.69, 9.17) is 14.2 Å². The molecule has 1 amide bonds. The second-order valence-corrected chi connectivity index (χ2v) is 4.78. The quantitative estimate of drug-likeness (QED) is 0.339. The van der Waals surface area contributed by atoms with Crippen molar-refractivity contribution in [3.05, 3.63) is 0 Å². The molecule has 1 aliphatic rings. The van der Waals surface area contributed by atoms with Crippen LogP contribution in [0.5, 0.6) is 0 Å². The molecular weight excluding hydrogens is 278 g/mol. The highest BCUT2D eigenvalue weighted by molar-refractivity contribution is 5.77. The van der Waals surface area contributed by atoms with Gasteiger partial charge in [0.15, 0.2) is 0 Å². The number of likely N-dealkylation sites (tertiary alicyclic amines) is 1. The minimum absolute atomic E-state index is 0.0344. The molecule has 1 rings (SSSR count). The van der Waals surface area contributed by atoms with E-state index in [0.29, 0.717) is 58.5 Å². The van der Waals surface area contributed by atoms with E-state index in [-0.39, 0.29) is 24.4 Å². The van der Waals surface area contributed by atoms with Crippen LogP contribution in [0.15, 0.2) is 0 Å². The van der Waals surface area contributed by atoms with E-state index in [9.17, 15) is 14.4 Å². The van der Waals surface area contributed by atoms with Gasteiger partial charge in [-0.25, -0.2) is 0 Å². The highest BCUT2D eigenvalue weighted by Gasteiger charge is 2.27. The summed E-state index contributed by atoms with van der Waals surface area (Å²) in [5, 5.41) is 0. The molecule has 0 aromatic heterocycles. The fourth-order valence-corrected chi connectivity index (χ4v) is 2.20. The number of esters is 1. The zero-order valence-corrected chi connectivity index (χ0v) is 12.4. The lowest BCUT2D eigenvalue weighted by molar-refractivity contribution is -0.149. The number of methoxy groups -OCH3 is 1. The number of piperidine rings is 1. The Morgan fingerprint density at radius 1 is 1.14 bits per heavy atom. The van der Waals surface area contributed by atoms with E-state index < -0.39 is 0 Å². The first-order valence-electron chi connectivity index (χ1n) is 7.13. The van der Waals surface area contributed by atoms with Gasteiger partial charge in [0.05, 0.1) is 39.3 Å². The average Bonchev–Trinajstić information content (AvgIpc) is 2.53. The van der Waals surface area contributed by atoms with Gasteiger partial charge in [-0.2, -0.15) is 0 Å². The number of rotatable bonds is 9. The molecule has 0 bridgehead atoms. The monoisotopic (exact) mass is 301 g/mol.